The van der Waals surface area contributed by atoms with Crippen LogP contribution in [0.1, 0.15) is 35.7 Å². The molecule has 0 aliphatic rings. The number of thiophene rings is 1. The van der Waals surface area contributed by atoms with Gasteiger partial charge in [-0.15, -0.1) is 11.3 Å². The summed E-state index contributed by atoms with van der Waals surface area (Å²) in [6.45, 7) is 4.23. The molecule has 0 bridgehead atoms. The lowest BCUT2D eigenvalue weighted by Gasteiger charge is -2.14. The van der Waals surface area contributed by atoms with Crippen LogP contribution in [0.4, 0.5) is 0 Å². The summed E-state index contributed by atoms with van der Waals surface area (Å²) in [5.74, 6) is 1.04. The van der Waals surface area contributed by atoms with Crippen molar-refractivity contribution in [3.05, 3.63) is 47.4 Å². The van der Waals surface area contributed by atoms with Gasteiger partial charge in [-0.2, -0.15) is 0 Å². The highest BCUT2D eigenvalue weighted by Crippen LogP contribution is 2.33. The minimum atomic E-state index is -0.0403. The molecule has 2 nitrogen and oxygen atoms in total. The van der Waals surface area contributed by atoms with Crippen molar-refractivity contribution in [2.24, 2.45) is 0 Å². The van der Waals surface area contributed by atoms with Crippen LogP contribution in [0, 0.1) is 0 Å². The first-order valence-corrected chi connectivity index (χ1v) is 9.48. The average Bonchev–Trinajstić information content (AvgIpc) is 2.75. The first-order chi connectivity index (χ1) is 9.88. The monoisotopic (exact) mass is 494 g/mol. The van der Waals surface area contributed by atoms with Crippen molar-refractivity contribution in [3.63, 3.8) is 0 Å². The summed E-state index contributed by atoms with van der Waals surface area (Å²) in [5.41, 5.74) is 1.73. The normalized spacial score (nSPS) is 11.0. The van der Waals surface area contributed by atoms with Crippen molar-refractivity contribution in [2.45, 2.75) is 19.8 Å². The Balaban J connectivity index is 2.13. The third-order valence-electron chi connectivity index (χ3n) is 2.91. The van der Waals surface area contributed by atoms with Crippen LogP contribution in [0.2, 0.25) is 0 Å². The first-order valence-electron chi connectivity index (χ1n) is 6.28. The minimum Gasteiger partial charge on any atom is -0.485 e. The highest BCUT2D eigenvalue weighted by Gasteiger charge is 2.16. The molecule has 1 aromatic heterocycles. The maximum Gasteiger partial charge on any atom is 0.202 e. The van der Waals surface area contributed by atoms with E-state index in [0.29, 0.717) is 11.5 Å². The Morgan fingerprint density at radius 1 is 1.24 bits per heavy atom. The maximum atomic E-state index is 12.2. The third-order valence-corrected chi connectivity index (χ3v) is 5.74. The highest BCUT2D eigenvalue weighted by atomic mass is 79.9. The van der Waals surface area contributed by atoms with Crippen LogP contribution in [-0.4, -0.2) is 12.4 Å². The van der Waals surface area contributed by atoms with E-state index in [1.807, 2.05) is 24.3 Å². The molecule has 6 heteroatoms. The number of carbonyl (C=O) groups excluding carboxylic acids is 1. The second kappa shape index (κ2) is 7.40. The number of ketones is 1. The molecule has 2 aromatic rings. The van der Waals surface area contributed by atoms with E-state index in [0.717, 1.165) is 23.4 Å². The zero-order valence-corrected chi connectivity index (χ0v) is 17.0. The van der Waals surface area contributed by atoms with E-state index in [-0.39, 0.29) is 12.4 Å². The van der Waals surface area contributed by atoms with Gasteiger partial charge in [0, 0.05) is 10.0 Å². The van der Waals surface area contributed by atoms with Gasteiger partial charge in [-0.25, -0.2) is 0 Å². The summed E-state index contributed by atoms with van der Waals surface area (Å²) < 4.78 is 8.48. The Morgan fingerprint density at radius 2 is 1.95 bits per heavy atom. The van der Waals surface area contributed by atoms with Crippen molar-refractivity contribution in [1.82, 2.24) is 0 Å². The van der Waals surface area contributed by atoms with Gasteiger partial charge in [0.15, 0.2) is 6.61 Å². The Morgan fingerprint density at radius 3 is 2.52 bits per heavy atom. The van der Waals surface area contributed by atoms with Gasteiger partial charge in [0.25, 0.3) is 0 Å². The number of carbonyl (C=O) groups is 1. The first kappa shape index (κ1) is 17.2. The number of hydrogen-bond donors (Lipinski definition) is 0. The van der Waals surface area contributed by atoms with Gasteiger partial charge in [0.1, 0.15) is 5.75 Å². The standard InChI is InChI=1S/C15H13Br3O2S/c1-8(2)10-5-9(16)3-4-13(10)20-7-12(19)11-6-14(17)21-15(11)18/h3-6,8H,7H2,1-2H3. The molecule has 0 saturated carbocycles. The Bertz CT molecular complexity index is 665. The molecule has 2 rings (SSSR count). The molecule has 0 spiro atoms. The van der Waals surface area contributed by atoms with Crippen molar-refractivity contribution >= 4 is 64.9 Å². The van der Waals surface area contributed by atoms with Gasteiger partial charge < -0.3 is 4.74 Å². The zero-order valence-electron chi connectivity index (χ0n) is 11.5. The number of ether oxygens (including phenoxy) is 1. The molecule has 0 saturated heterocycles. The molecule has 0 amide bonds. The van der Waals surface area contributed by atoms with Crippen LogP contribution >= 0.6 is 59.1 Å². The van der Waals surface area contributed by atoms with E-state index in [1.54, 1.807) is 0 Å². The molecule has 0 unspecified atom stereocenters. The lowest BCUT2D eigenvalue weighted by atomic mass is 10.0. The molecule has 0 fully saturated rings. The Kier molecular flexibility index (Phi) is 6.05. The summed E-state index contributed by atoms with van der Waals surface area (Å²) in [7, 11) is 0. The quantitative estimate of drug-likeness (QED) is 0.446. The number of benzene rings is 1. The molecule has 1 aromatic carbocycles. The fourth-order valence-corrected chi connectivity index (χ4v) is 5.09. The molecule has 0 radical (unpaired) electrons. The molecule has 112 valence electrons. The van der Waals surface area contributed by atoms with Gasteiger partial charge in [-0.3, -0.25) is 4.79 Å². The minimum absolute atomic E-state index is 0.0309. The van der Waals surface area contributed by atoms with Crippen LogP contribution in [-0.2, 0) is 0 Å². The summed E-state index contributed by atoms with van der Waals surface area (Å²) in [6, 6.07) is 7.65. The van der Waals surface area contributed by atoms with Crippen LogP contribution in [0.15, 0.2) is 36.3 Å². The van der Waals surface area contributed by atoms with Gasteiger partial charge in [-0.05, 0) is 67.6 Å². The summed E-state index contributed by atoms with van der Waals surface area (Å²) in [4.78, 5) is 12.2. The van der Waals surface area contributed by atoms with E-state index < -0.39 is 0 Å². The Hall–Kier alpha value is -0.170. The van der Waals surface area contributed by atoms with E-state index in [1.165, 1.54) is 11.3 Å². The van der Waals surface area contributed by atoms with E-state index in [4.69, 9.17) is 4.74 Å². The molecule has 21 heavy (non-hydrogen) atoms. The highest BCUT2D eigenvalue weighted by molar-refractivity contribution is 9.12. The predicted octanol–water partition coefficient (Wildman–Crippen LogP) is 6.42. The lowest BCUT2D eigenvalue weighted by Crippen LogP contribution is -2.12. The van der Waals surface area contributed by atoms with Gasteiger partial charge >= 0.3 is 0 Å². The van der Waals surface area contributed by atoms with Gasteiger partial charge in [0.2, 0.25) is 5.78 Å². The van der Waals surface area contributed by atoms with Crippen molar-refractivity contribution < 1.29 is 9.53 Å². The molecule has 0 atom stereocenters. The smallest absolute Gasteiger partial charge is 0.202 e. The van der Waals surface area contributed by atoms with Crippen LogP contribution in [0.3, 0.4) is 0 Å². The molecule has 0 aliphatic heterocycles. The topological polar surface area (TPSA) is 26.3 Å². The number of rotatable bonds is 5. The molecular weight excluding hydrogens is 484 g/mol. The van der Waals surface area contributed by atoms with Crippen LogP contribution in [0.5, 0.6) is 5.75 Å². The largest absolute Gasteiger partial charge is 0.485 e. The molecule has 1 heterocycles. The molecule has 0 aliphatic carbocycles. The summed E-state index contributed by atoms with van der Waals surface area (Å²) >= 11 is 11.7. The second-order valence-corrected chi connectivity index (χ2v) is 9.45. The SMILES string of the molecule is CC(C)c1cc(Br)ccc1OCC(=O)c1cc(Br)sc1Br. The predicted molar refractivity (Wildman–Crippen MR) is 97.8 cm³/mol. The second-order valence-electron chi connectivity index (χ2n) is 4.79. The molecule has 0 N–H and O–H groups in total. The summed E-state index contributed by atoms with van der Waals surface area (Å²) in [6.07, 6.45) is 0. The van der Waals surface area contributed by atoms with Gasteiger partial charge in [0.05, 0.1) is 7.57 Å². The number of Topliss-reactive ketones (excluding diaryl/α,β-unsaturated/α-hetero) is 1. The lowest BCUT2D eigenvalue weighted by molar-refractivity contribution is 0.0920. The average molecular weight is 497 g/mol. The van der Waals surface area contributed by atoms with Crippen molar-refractivity contribution in [2.75, 3.05) is 6.61 Å². The van der Waals surface area contributed by atoms with Gasteiger partial charge in [-0.1, -0.05) is 29.8 Å². The fraction of sp³-hybridized carbons (Fsp3) is 0.267. The van der Waals surface area contributed by atoms with E-state index in [2.05, 4.69) is 61.6 Å². The molecular formula is C15H13Br3O2S. The third kappa shape index (κ3) is 4.41. The fourth-order valence-electron chi connectivity index (χ4n) is 1.85. The maximum absolute atomic E-state index is 12.2. The Labute approximate surface area is 153 Å². The van der Waals surface area contributed by atoms with Crippen molar-refractivity contribution in [3.8, 4) is 5.75 Å². The number of halogens is 3. The zero-order chi connectivity index (χ0) is 15.6. The summed E-state index contributed by atoms with van der Waals surface area (Å²) in [5, 5.41) is 0. The van der Waals surface area contributed by atoms with E-state index in [9.17, 15) is 4.79 Å². The van der Waals surface area contributed by atoms with Crippen LogP contribution in [0.25, 0.3) is 0 Å². The van der Waals surface area contributed by atoms with Crippen molar-refractivity contribution in [1.29, 1.82) is 0 Å². The van der Waals surface area contributed by atoms with Crippen LogP contribution < -0.4 is 4.74 Å². The van der Waals surface area contributed by atoms with E-state index >= 15 is 0 Å². The number of hydrogen-bond acceptors (Lipinski definition) is 3.